The van der Waals surface area contributed by atoms with Gasteiger partial charge in [-0.15, -0.1) is 0 Å². The van der Waals surface area contributed by atoms with Gasteiger partial charge in [-0.25, -0.2) is 0 Å². The number of aromatic nitrogens is 2. The predicted molar refractivity (Wildman–Crippen MR) is 102 cm³/mol. The molecule has 3 aromatic rings. The molecule has 1 fully saturated rings. The molecule has 1 amide bonds. The Labute approximate surface area is 164 Å². The van der Waals surface area contributed by atoms with Crippen molar-refractivity contribution in [2.45, 2.75) is 18.9 Å². The molecule has 1 unspecified atom stereocenters. The van der Waals surface area contributed by atoms with Gasteiger partial charge in [0.25, 0.3) is 0 Å². The average Bonchev–Trinajstić information content (AvgIpc) is 3.23. The second-order valence-corrected chi connectivity index (χ2v) is 7.62. The summed E-state index contributed by atoms with van der Waals surface area (Å²) in [5.41, 5.74) is 1.89. The van der Waals surface area contributed by atoms with Gasteiger partial charge in [-0.05, 0) is 42.0 Å². The molecule has 2 aromatic carbocycles. The van der Waals surface area contributed by atoms with Crippen LogP contribution in [-0.2, 0) is 11.3 Å². The van der Waals surface area contributed by atoms with Crippen LogP contribution in [-0.4, -0.2) is 27.5 Å². The van der Waals surface area contributed by atoms with E-state index >= 15 is 0 Å². The Hall–Kier alpha value is -2.18. The highest BCUT2D eigenvalue weighted by atomic mass is 79.9. The van der Waals surface area contributed by atoms with E-state index in [2.05, 4.69) is 26.1 Å². The zero-order valence-electron chi connectivity index (χ0n) is 13.7. The van der Waals surface area contributed by atoms with Crippen molar-refractivity contribution in [1.29, 1.82) is 0 Å². The summed E-state index contributed by atoms with van der Waals surface area (Å²) in [5.74, 6) is 1.04. The molecule has 7 heteroatoms. The number of hydrogen-bond acceptors (Lipinski definition) is 4. The molecule has 0 aliphatic carbocycles. The van der Waals surface area contributed by atoms with Gasteiger partial charge in [0.1, 0.15) is 0 Å². The molecule has 0 bridgehead atoms. The van der Waals surface area contributed by atoms with E-state index in [0.29, 0.717) is 36.2 Å². The van der Waals surface area contributed by atoms with E-state index in [-0.39, 0.29) is 11.8 Å². The molecule has 4 rings (SSSR count). The number of hydrogen-bond donors (Lipinski definition) is 0. The fourth-order valence-corrected chi connectivity index (χ4v) is 3.54. The van der Waals surface area contributed by atoms with Gasteiger partial charge >= 0.3 is 0 Å². The normalized spacial score (nSPS) is 17.1. The summed E-state index contributed by atoms with van der Waals surface area (Å²) in [6.07, 6.45) is 0.378. The summed E-state index contributed by atoms with van der Waals surface area (Å²) in [6, 6.07) is 15.2. The fraction of sp³-hybridized carbons (Fsp3) is 0.211. The van der Waals surface area contributed by atoms with Crippen LogP contribution >= 0.6 is 27.5 Å². The molecule has 0 radical (unpaired) electrons. The SMILES string of the molecule is O=C1CC(c2nc(-c3ccc(Br)cc3)no2)CN1Cc1cccc(Cl)c1. The highest BCUT2D eigenvalue weighted by Gasteiger charge is 2.34. The van der Waals surface area contributed by atoms with Gasteiger partial charge in [-0.2, -0.15) is 4.98 Å². The van der Waals surface area contributed by atoms with E-state index in [0.717, 1.165) is 15.6 Å². The van der Waals surface area contributed by atoms with Gasteiger partial charge < -0.3 is 9.42 Å². The molecular weight excluding hydrogens is 418 g/mol. The second-order valence-electron chi connectivity index (χ2n) is 6.27. The van der Waals surface area contributed by atoms with Crippen LogP contribution in [0, 0.1) is 0 Å². The first kappa shape index (κ1) is 17.2. The Bertz CT molecular complexity index is 942. The van der Waals surface area contributed by atoms with Gasteiger partial charge in [0.2, 0.25) is 17.6 Å². The van der Waals surface area contributed by atoms with Crippen molar-refractivity contribution in [3.63, 3.8) is 0 Å². The van der Waals surface area contributed by atoms with Gasteiger partial charge in [0.15, 0.2) is 0 Å². The number of nitrogens with zero attached hydrogens (tertiary/aromatic N) is 3. The van der Waals surface area contributed by atoms with E-state index in [1.165, 1.54) is 0 Å². The number of halogens is 2. The Balaban J connectivity index is 1.48. The summed E-state index contributed by atoms with van der Waals surface area (Å²) >= 11 is 9.43. The van der Waals surface area contributed by atoms with Crippen LogP contribution in [0.1, 0.15) is 23.8 Å². The monoisotopic (exact) mass is 431 g/mol. The maximum Gasteiger partial charge on any atom is 0.232 e. The Morgan fingerprint density at radius 1 is 1.23 bits per heavy atom. The first-order chi connectivity index (χ1) is 12.6. The first-order valence-electron chi connectivity index (χ1n) is 8.20. The van der Waals surface area contributed by atoms with Crippen molar-refractivity contribution in [3.8, 4) is 11.4 Å². The van der Waals surface area contributed by atoms with E-state index in [4.69, 9.17) is 16.1 Å². The molecular formula is C19H15BrClN3O2. The molecule has 1 atom stereocenters. The average molecular weight is 433 g/mol. The summed E-state index contributed by atoms with van der Waals surface area (Å²) in [4.78, 5) is 18.7. The highest BCUT2D eigenvalue weighted by Crippen LogP contribution is 2.30. The molecule has 132 valence electrons. The van der Waals surface area contributed by atoms with Gasteiger partial charge in [-0.1, -0.05) is 44.8 Å². The standard InChI is InChI=1S/C19H15BrClN3O2/c20-15-6-4-13(5-7-15)18-22-19(26-23-18)14-9-17(25)24(11-14)10-12-2-1-3-16(21)8-12/h1-8,14H,9-11H2. The Kier molecular flexibility index (Phi) is 4.78. The van der Waals surface area contributed by atoms with Crippen molar-refractivity contribution in [2.75, 3.05) is 6.54 Å². The molecule has 0 N–H and O–H groups in total. The number of carbonyl (C=O) groups is 1. The van der Waals surface area contributed by atoms with Crippen LogP contribution in [0.5, 0.6) is 0 Å². The van der Waals surface area contributed by atoms with Crippen LogP contribution in [0.2, 0.25) is 5.02 Å². The summed E-state index contributed by atoms with van der Waals surface area (Å²) in [6.45, 7) is 1.09. The Morgan fingerprint density at radius 2 is 2.04 bits per heavy atom. The number of amides is 1. The van der Waals surface area contributed by atoms with E-state index in [1.807, 2.05) is 48.5 Å². The van der Waals surface area contributed by atoms with Gasteiger partial charge in [0.05, 0.1) is 5.92 Å². The number of rotatable bonds is 4. The van der Waals surface area contributed by atoms with Crippen molar-refractivity contribution in [1.82, 2.24) is 15.0 Å². The molecule has 26 heavy (non-hydrogen) atoms. The lowest BCUT2D eigenvalue weighted by Gasteiger charge is -2.16. The highest BCUT2D eigenvalue weighted by molar-refractivity contribution is 9.10. The summed E-state index contributed by atoms with van der Waals surface area (Å²) in [7, 11) is 0. The third-order valence-electron chi connectivity index (χ3n) is 4.37. The lowest BCUT2D eigenvalue weighted by molar-refractivity contribution is -0.128. The fourth-order valence-electron chi connectivity index (χ4n) is 3.06. The lowest BCUT2D eigenvalue weighted by Crippen LogP contribution is -2.24. The van der Waals surface area contributed by atoms with Crippen LogP contribution in [0.3, 0.4) is 0 Å². The topological polar surface area (TPSA) is 59.2 Å². The number of carbonyl (C=O) groups excluding carboxylic acids is 1. The van der Waals surface area contributed by atoms with E-state index in [1.54, 1.807) is 4.90 Å². The van der Waals surface area contributed by atoms with Crippen LogP contribution < -0.4 is 0 Å². The maximum absolute atomic E-state index is 12.4. The largest absolute Gasteiger partial charge is 0.339 e. The van der Waals surface area contributed by atoms with Crippen LogP contribution in [0.4, 0.5) is 0 Å². The zero-order chi connectivity index (χ0) is 18.1. The minimum Gasteiger partial charge on any atom is -0.339 e. The van der Waals surface area contributed by atoms with E-state index < -0.39 is 0 Å². The number of benzene rings is 2. The molecule has 0 saturated carbocycles. The molecule has 0 spiro atoms. The van der Waals surface area contributed by atoms with Crippen molar-refractivity contribution < 1.29 is 9.32 Å². The van der Waals surface area contributed by atoms with Crippen LogP contribution in [0.15, 0.2) is 57.5 Å². The summed E-state index contributed by atoms with van der Waals surface area (Å²) in [5, 5.41) is 4.73. The zero-order valence-corrected chi connectivity index (χ0v) is 16.1. The maximum atomic E-state index is 12.4. The van der Waals surface area contributed by atoms with Crippen molar-refractivity contribution in [3.05, 3.63) is 69.5 Å². The summed E-state index contributed by atoms with van der Waals surface area (Å²) < 4.78 is 6.42. The second kappa shape index (κ2) is 7.21. The number of likely N-dealkylation sites (tertiary alicyclic amines) is 1. The molecule has 1 aliphatic heterocycles. The Morgan fingerprint density at radius 3 is 2.81 bits per heavy atom. The molecule has 2 heterocycles. The smallest absolute Gasteiger partial charge is 0.232 e. The minimum absolute atomic E-state index is 0.0818. The third-order valence-corrected chi connectivity index (χ3v) is 5.13. The van der Waals surface area contributed by atoms with Crippen molar-refractivity contribution in [2.24, 2.45) is 0 Å². The van der Waals surface area contributed by atoms with Crippen molar-refractivity contribution >= 4 is 33.4 Å². The lowest BCUT2D eigenvalue weighted by atomic mass is 10.1. The van der Waals surface area contributed by atoms with Gasteiger partial charge in [-0.3, -0.25) is 4.79 Å². The molecule has 1 aliphatic rings. The quantitative estimate of drug-likeness (QED) is 0.601. The van der Waals surface area contributed by atoms with E-state index in [9.17, 15) is 4.79 Å². The molecule has 1 aromatic heterocycles. The van der Waals surface area contributed by atoms with Crippen LogP contribution in [0.25, 0.3) is 11.4 Å². The molecule has 5 nitrogen and oxygen atoms in total. The van der Waals surface area contributed by atoms with Gasteiger partial charge in [0, 0.05) is 34.6 Å². The first-order valence-corrected chi connectivity index (χ1v) is 9.37. The third kappa shape index (κ3) is 3.66. The molecule has 1 saturated heterocycles. The predicted octanol–water partition coefficient (Wildman–Crippen LogP) is 4.67. The minimum atomic E-state index is -0.0848.